The second kappa shape index (κ2) is 7.80. The summed E-state index contributed by atoms with van der Waals surface area (Å²) in [6.07, 6.45) is 2.18. The normalized spacial score (nSPS) is 11.0. The van der Waals surface area contributed by atoms with Gasteiger partial charge in [-0.3, -0.25) is 4.79 Å². The Balaban J connectivity index is 3.18. The number of nitrogens with one attached hydrogen (secondary N) is 2. The largest absolute Gasteiger partial charge is 0.356 e. The molecule has 14 heavy (non-hydrogen) atoms. The number of carbonyl (C=O) groups excluding carboxylic acids is 1. The minimum absolute atomic E-state index is 0.101. The molecular formula is C11H24N2O. The van der Waals surface area contributed by atoms with Crippen molar-refractivity contribution in [3.8, 4) is 0 Å². The highest BCUT2D eigenvalue weighted by atomic mass is 16.1. The van der Waals surface area contributed by atoms with Gasteiger partial charge in [0.15, 0.2) is 0 Å². The van der Waals surface area contributed by atoms with Crippen molar-refractivity contribution in [2.45, 2.75) is 46.6 Å². The Bertz CT molecular complexity index is 155. The Morgan fingerprint density at radius 2 is 1.64 bits per heavy atom. The molecule has 0 rings (SSSR count). The Hall–Kier alpha value is -0.570. The van der Waals surface area contributed by atoms with E-state index in [1.54, 1.807) is 0 Å². The van der Waals surface area contributed by atoms with Crippen LogP contribution in [0.2, 0.25) is 0 Å². The number of hydrogen-bond acceptors (Lipinski definition) is 2. The first kappa shape index (κ1) is 13.4. The molecule has 0 aliphatic carbocycles. The van der Waals surface area contributed by atoms with E-state index in [2.05, 4.69) is 24.5 Å². The second-order valence-corrected chi connectivity index (χ2v) is 4.26. The average molecular weight is 200 g/mol. The van der Waals surface area contributed by atoms with Crippen LogP contribution in [-0.4, -0.2) is 25.0 Å². The van der Waals surface area contributed by atoms with E-state index in [4.69, 9.17) is 0 Å². The summed E-state index contributed by atoms with van der Waals surface area (Å²) in [7, 11) is 0. The summed E-state index contributed by atoms with van der Waals surface area (Å²) in [5, 5.41) is 6.25. The number of rotatable bonds is 7. The molecule has 0 unspecified atom stereocenters. The molecule has 84 valence electrons. The highest BCUT2D eigenvalue weighted by molar-refractivity contribution is 5.77. The number of hydrogen-bond donors (Lipinski definition) is 2. The van der Waals surface area contributed by atoms with Gasteiger partial charge in [-0.25, -0.2) is 0 Å². The fourth-order valence-corrected chi connectivity index (χ4v) is 1.06. The smallest absolute Gasteiger partial charge is 0.222 e. The topological polar surface area (TPSA) is 41.1 Å². The van der Waals surface area contributed by atoms with Gasteiger partial charge in [-0.2, -0.15) is 0 Å². The van der Waals surface area contributed by atoms with E-state index >= 15 is 0 Å². The molecule has 0 spiro atoms. The Morgan fingerprint density at radius 1 is 1.07 bits per heavy atom. The van der Waals surface area contributed by atoms with E-state index in [1.807, 2.05) is 13.8 Å². The first-order valence-electron chi connectivity index (χ1n) is 5.55. The molecule has 0 aromatic rings. The molecule has 0 aliphatic heterocycles. The van der Waals surface area contributed by atoms with Crippen LogP contribution in [0.25, 0.3) is 0 Å². The number of unbranched alkanes of at least 4 members (excludes halogenated alkanes) is 1. The molecule has 0 saturated carbocycles. The molecule has 3 nitrogen and oxygen atoms in total. The summed E-state index contributed by atoms with van der Waals surface area (Å²) in [5.41, 5.74) is 0. The van der Waals surface area contributed by atoms with Gasteiger partial charge in [0.1, 0.15) is 0 Å². The van der Waals surface area contributed by atoms with Gasteiger partial charge in [-0.15, -0.1) is 0 Å². The van der Waals surface area contributed by atoms with Gasteiger partial charge in [-0.05, 0) is 19.4 Å². The van der Waals surface area contributed by atoms with Gasteiger partial charge < -0.3 is 10.6 Å². The van der Waals surface area contributed by atoms with Crippen molar-refractivity contribution < 1.29 is 4.79 Å². The minimum Gasteiger partial charge on any atom is -0.356 e. The SMILES string of the molecule is CC(C)NCCCCNC(=O)C(C)C. The summed E-state index contributed by atoms with van der Waals surface area (Å²) in [4.78, 5) is 11.2. The highest BCUT2D eigenvalue weighted by Gasteiger charge is 2.04. The van der Waals surface area contributed by atoms with Gasteiger partial charge >= 0.3 is 0 Å². The van der Waals surface area contributed by atoms with E-state index in [0.717, 1.165) is 25.9 Å². The maximum absolute atomic E-state index is 11.2. The molecule has 0 aliphatic rings. The zero-order chi connectivity index (χ0) is 11.0. The first-order chi connectivity index (χ1) is 6.54. The van der Waals surface area contributed by atoms with Gasteiger partial charge in [-0.1, -0.05) is 27.7 Å². The predicted molar refractivity (Wildman–Crippen MR) is 60.2 cm³/mol. The summed E-state index contributed by atoms with van der Waals surface area (Å²) >= 11 is 0. The van der Waals surface area contributed by atoms with Crippen LogP contribution in [0, 0.1) is 5.92 Å². The fraction of sp³-hybridized carbons (Fsp3) is 0.909. The van der Waals surface area contributed by atoms with Gasteiger partial charge in [0.05, 0.1) is 0 Å². The highest BCUT2D eigenvalue weighted by Crippen LogP contribution is 1.92. The standard InChI is InChI=1S/C11H24N2O/c1-9(2)11(14)13-8-6-5-7-12-10(3)4/h9-10,12H,5-8H2,1-4H3,(H,13,14). The van der Waals surface area contributed by atoms with Gasteiger partial charge in [0.2, 0.25) is 5.91 Å². The third kappa shape index (κ3) is 8.05. The van der Waals surface area contributed by atoms with Gasteiger partial charge in [0.25, 0.3) is 0 Å². The van der Waals surface area contributed by atoms with Crippen LogP contribution >= 0.6 is 0 Å². The summed E-state index contributed by atoms with van der Waals surface area (Å²) in [6, 6.07) is 0.556. The van der Waals surface area contributed by atoms with Crippen molar-refractivity contribution in [3.05, 3.63) is 0 Å². The van der Waals surface area contributed by atoms with Crippen LogP contribution in [0.1, 0.15) is 40.5 Å². The molecule has 3 heteroatoms. The molecule has 0 radical (unpaired) electrons. The van der Waals surface area contributed by atoms with Crippen LogP contribution in [0.5, 0.6) is 0 Å². The molecule has 0 atom stereocenters. The van der Waals surface area contributed by atoms with Crippen molar-refractivity contribution >= 4 is 5.91 Å². The molecule has 0 aromatic heterocycles. The lowest BCUT2D eigenvalue weighted by Gasteiger charge is -2.09. The van der Waals surface area contributed by atoms with Crippen LogP contribution in [0.3, 0.4) is 0 Å². The summed E-state index contributed by atoms with van der Waals surface area (Å²) < 4.78 is 0. The van der Waals surface area contributed by atoms with Crippen LogP contribution < -0.4 is 10.6 Å². The Kier molecular flexibility index (Phi) is 7.48. The summed E-state index contributed by atoms with van der Waals surface area (Å²) in [5.74, 6) is 0.255. The molecule has 0 bridgehead atoms. The molecule has 0 aromatic carbocycles. The van der Waals surface area contributed by atoms with E-state index in [-0.39, 0.29) is 11.8 Å². The van der Waals surface area contributed by atoms with Crippen LogP contribution in [-0.2, 0) is 4.79 Å². The summed E-state index contributed by atoms with van der Waals surface area (Å²) in [6.45, 7) is 9.94. The third-order valence-electron chi connectivity index (χ3n) is 1.98. The third-order valence-corrected chi connectivity index (χ3v) is 1.98. The molecule has 0 fully saturated rings. The second-order valence-electron chi connectivity index (χ2n) is 4.26. The fourth-order valence-electron chi connectivity index (χ4n) is 1.06. The monoisotopic (exact) mass is 200 g/mol. The molecular weight excluding hydrogens is 176 g/mol. The maximum Gasteiger partial charge on any atom is 0.222 e. The maximum atomic E-state index is 11.2. The van der Waals surface area contributed by atoms with Crippen LogP contribution in [0.4, 0.5) is 0 Å². The Morgan fingerprint density at radius 3 is 2.14 bits per heavy atom. The van der Waals surface area contributed by atoms with Crippen molar-refractivity contribution in [2.75, 3.05) is 13.1 Å². The first-order valence-corrected chi connectivity index (χ1v) is 5.55. The minimum atomic E-state index is 0.101. The zero-order valence-electron chi connectivity index (χ0n) is 9.89. The van der Waals surface area contributed by atoms with Crippen molar-refractivity contribution in [1.29, 1.82) is 0 Å². The Labute approximate surface area is 87.6 Å². The predicted octanol–water partition coefficient (Wildman–Crippen LogP) is 1.54. The average Bonchev–Trinajstić information content (AvgIpc) is 2.09. The van der Waals surface area contributed by atoms with E-state index in [9.17, 15) is 4.79 Å². The lowest BCUT2D eigenvalue weighted by molar-refractivity contribution is -0.123. The molecule has 0 heterocycles. The van der Waals surface area contributed by atoms with Crippen molar-refractivity contribution in [2.24, 2.45) is 5.92 Å². The quantitative estimate of drug-likeness (QED) is 0.612. The lowest BCUT2D eigenvalue weighted by Crippen LogP contribution is -2.29. The molecule has 0 saturated heterocycles. The number of carbonyl (C=O) groups is 1. The molecule has 1 amide bonds. The lowest BCUT2D eigenvalue weighted by atomic mass is 10.2. The van der Waals surface area contributed by atoms with Crippen molar-refractivity contribution in [1.82, 2.24) is 10.6 Å². The number of amides is 1. The van der Waals surface area contributed by atoms with Crippen molar-refractivity contribution in [3.63, 3.8) is 0 Å². The van der Waals surface area contributed by atoms with Gasteiger partial charge in [0, 0.05) is 18.5 Å². The van der Waals surface area contributed by atoms with E-state index in [1.165, 1.54) is 0 Å². The molecule has 2 N–H and O–H groups in total. The van der Waals surface area contributed by atoms with E-state index in [0.29, 0.717) is 6.04 Å². The van der Waals surface area contributed by atoms with E-state index < -0.39 is 0 Å². The van der Waals surface area contributed by atoms with Crippen LogP contribution in [0.15, 0.2) is 0 Å². The zero-order valence-corrected chi connectivity index (χ0v) is 9.89.